The van der Waals surface area contributed by atoms with E-state index in [1.54, 1.807) is 12.5 Å². The summed E-state index contributed by atoms with van der Waals surface area (Å²) in [4.78, 5) is 8.38. The van der Waals surface area contributed by atoms with Gasteiger partial charge >= 0.3 is 0 Å². The molecule has 118 valence electrons. The summed E-state index contributed by atoms with van der Waals surface area (Å²) >= 11 is 0. The van der Waals surface area contributed by atoms with Crippen LogP contribution in [0.1, 0.15) is 24.0 Å². The SMILES string of the molecule is I.NC(=NCCn1ccnc1)Nc1cccc2c1CCCC2. The van der Waals surface area contributed by atoms with Crippen molar-refractivity contribution in [3.63, 3.8) is 0 Å². The first-order valence-electron chi connectivity index (χ1n) is 7.46. The van der Waals surface area contributed by atoms with Crippen LogP contribution in [0.4, 0.5) is 5.69 Å². The zero-order chi connectivity index (χ0) is 14.5. The zero-order valence-electron chi connectivity index (χ0n) is 12.5. The number of guanidine groups is 1. The lowest BCUT2D eigenvalue weighted by Crippen LogP contribution is -2.24. The minimum absolute atomic E-state index is 0. The molecule has 3 N–H and O–H groups in total. The number of aromatic nitrogens is 2. The molecule has 1 aromatic carbocycles. The molecule has 0 saturated heterocycles. The second-order valence-electron chi connectivity index (χ2n) is 5.34. The van der Waals surface area contributed by atoms with Gasteiger partial charge in [-0.3, -0.25) is 4.99 Å². The van der Waals surface area contributed by atoms with Crippen molar-refractivity contribution in [3.8, 4) is 0 Å². The van der Waals surface area contributed by atoms with Gasteiger partial charge in [0, 0.05) is 24.6 Å². The van der Waals surface area contributed by atoms with Crippen LogP contribution >= 0.6 is 24.0 Å². The van der Waals surface area contributed by atoms with E-state index in [9.17, 15) is 0 Å². The lowest BCUT2D eigenvalue weighted by Gasteiger charge is -2.19. The summed E-state index contributed by atoms with van der Waals surface area (Å²) in [5.41, 5.74) is 9.94. The molecular weight excluding hydrogens is 389 g/mol. The van der Waals surface area contributed by atoms with Gasteiger partial charge in [-0.25, -0.2) is 4.98 Å². The Labute approximate surface area is 148 Å². The molecule has 3 rings (SSSR count). The summed E-state index contributed by atoms with van der Waals surface area (Å²) in [6.45, 7) is 1.43. The molecule has 1 heterocycles. The number of nitrogens with one attached hydrogen (secondary N) is 1. The third kappa shape index (κ3) is 4.22. The van der Waals surface area contributed by atoms with Gasteiger partial charge < -0.3 is 15.6 Å². The molecule has 5 nitrogen and oxygen atoms in total. The molecule has 2 aromatic rings. The van der Waals surface area contributed by atoms with Gasteiger partial charge in [-0.15, -0.1) is 24.0 Å². The average Bonchev–Trinajstić information content (AvgIpc) is 3.01. The third-order valence-electron chi connectivity index (χ3n) is 3.86. The van der Waals surface area contributed by atoms with Crippen LogP contribution < -0.4 is 11.1 Å². The number of benzene rings is 1. The molecule has 0 aliphatic heterocycles. The Kier molecular flexibility index (Phi) is 6.23. The molecule has 1 aliphatic rings. The fourth-order valence-corrected chi connectivity index (χ4v) is 2.78. The average molecular weight is 411 g/mol. The van der Waals surface area contributed by atoms with Crippen molar-refractivity contribution in [1.82, 2.24) is 9.55 Å². The molecule has 0 bridgehead atoms. The summed E-state index contributed by atoms with van der Waals surface area (Å²) in [5.74, 6) is 0.481. The van der Waals surface area contributed by atoms with Gasteiger partial charge in [0.2, 0.25) is 0 Å². The highest BCUT2D eigenvalue weighted by Gasteiger charge is 2.12. The molecule has 0 atom stereocenters. The van der Waals surface area contributed by atoms with Crippen molar-refractivity contribution >= 4 is 35.6 Å². The van der Waals surface area contributed by atoms with E-state index < -0.39 is 0 Å². The summed E-state index contributed by atoms with van der Waals surface area (Å²) in [6, 6.07) is 6.39. The maximum absolute atomic E-state index is 5.99. The van der Waals surface area contributed by atoms with E-state index >= 15 is 0 Å². The fourth-order valence-electron chi connectivity index (χ4n) is 2.78. The maximum Gasteiger partial charge on any atom is 0.193 e. The van der Waals surface area contributed by atoms with E-state index in [1.165, 1.54) is 30.4 Å². The van der Waals surface area contributed by atoms with Gasteiger partial charge in [-0.1, -0.05) is 12.1 Å². The quantitative estimate of drug-likeness (QED) is 0.462. The van der Waals surface area contributed by atoms with Crippen LogP contribution in [0.3, 0.4) is 0 Å². The van der Waals surface area contributed by atoms with Crippen LogP contribution in [0.2, 0.25) is 0 Å². The molecule has 0 unspecified atom stereocenters. The molecule has 1 aromatic heterocycles. The Hall–Kier alpha value is -1.57. The molecule has 22 heavy (non-hydrogen) atoms. The number of imidazole rings is 1. The first kappa shape index (κ1) is 16.8. The minimum Gasteiger partial charge on any atom is -0.370 e. The molecular formula is C16H22IN5. The number of rotatable bonds is 4. The van der Waals surface area contributed by atoms with Crippen LogP contribution in [-0.2, 0) is 19.4 Å². The zero-order valence-corrected chi connectivity index (χ0v) is 14.9. The number of hydrogen-bond donors (Lipinski definition) is 2. The summed E-state index contributed by atoms with van der Waals surface area (Å²) in [6.07, 6.45) is 10.3. The monoisotopic (exact) mass is 411 g/mol. The second-order valence-corrected chi connectivity index (χ2v) is 5.34. The van der Waals surface area contributed by atoms with E-state index in [1.807, 2.05) is 10.8 Å². The fraction of sp³-hybridized carbons (Fsp3) is 0.375. The van der Waals surface area contributed by atoms with Gasteiger partial charge in [0.1, 0.15) is 0 Å². The number of nitrogens with zero attached hydrogens (tertiary/aromatic N) is 3. The van der Waals surface area contributed by atoms with E-state index in [0.29, 0.717) is 12.5 Å². The van der Waals surface area contributed by atoms with Gasteiger partial charge in [0.15, 0.2) is 5.96 Å². The Balaban J connectivity index is 0.00000176. The standard InChI is InChI=1S/C16H21N5.HI/c17-16(19-9-11-21-10-8-18-12-21)20-15-7-3-5-13-4-1-2-6-14(13)15;/h3,5,7-8,10,12H,1-2,4,6,9,11H2,(H3,17,19,20);1H. The molecule has 0 radical (unpaired) electrons. The van der Waals surface area contributed by atoms with Crippen molar-refractivity contribution < 1.29 is 0 Å². The largest absolute Gasteiger partial charge is 0.370 e. The Morgan fingerprint density at radius 1 is 1.32 bits per heavy atom. The Bertz CT molecular complexity index is 621. The summed E-state index contributed by atoms with van der Waals surface area (Å²) in [7, 11) is 0. The van der Waals surface area contributed by atoms with Gasteiger partial charge in [-0.2, -0.15) is 0 Å². The molecule has 1 aliphatic carbocycles. The Morgan fingerprint density at radius 3 is 3.00 bits per heavy atom. The molecule has 0 saturated carbocycles. The van der Waals surface area contributed by atoms with E-state index in [-0.39, 0.29) is 24.0 Å². The lowest BCUT2D eigenvalue weighted by molar-refractivity contribution is 0.687. The predicted octanol–water partition coefficient (Wildman–Crippen LogP) is 2.81. The van der Waals surface area contributed by atoms with Crippen LogP contribution in [0.5, 0.6) is 0 Å². The Morgan fingerprint density at radius 2 is 2.18 bits per heavy atom. The number of aliphatic imine (C=N–C) groups is 1. The maximum atomic E-state index is 5.99. The van der Waals surface area contributed by atoms with Crippen molar-refractivity contribution in [2.24, 2.45) is 10.7 Å². The van der Waals surface area contributed by atoms with E-state index in [4.69, 9.17) is 5.73 Å². The summed E-state index contributed by atoms with van der Waals surface area (Å²) < 4.78 is 1.99. The molecule has 6 heteroatoms. The highest BCUT2D eigenvalue weighted by atomic mass is 127. The predicted molar refractivity (Wildman–Crippen MR) is 101 cm³/mol. The van der Waals surface area contributed by atoms with Crippen LogP contribution in [-0.4, -0.2) is 22.1 Å². The number of hydrogen-bond acceptors (Lipinski definition) is 2. The van der Waals surface area contributed by atoms with Gasteiger partial charge in [0.05, 0.1) is 12.9 Å². The van der Waals surface area contributed by atoms with Gasteiger partial charge in [-0.05, 0) is 42.9 Å². The van der Waals surface area contributed by atoms with E-state index in [2.05, 4.69) is 33.5 Å². The van der Waals surface area contributed by atoms with Crippen molar-refractivity contribution in [3.05, 3.63) is 48.0 Å². The number of halogens is 1. The number of fused-ring (bicyclic) bond motifs is 1. The van der Waals surface area contributed by atoms with Crippen molar-refractivity contribution in [1.29, 1.82) is 0 Å². The molecule has 0 amide bonds. The van der Waals surface area contributed by atoms with Crippen LogP contribution in [0, 0.1) is 0 Å². The minimum atomic E-state index is 0. The molecule has 0 fully saturated rings. The van der Waals surface area contributed by atoms with Crippen LogP contribution in [0.15, 0.2) is 41.9 Å². The highest BCUT2D eigenvalue weighted by molar-refractivity contribution is 14.0. The van der Waals surface area contributed by atoms with Crippen LogP contribution in [0.25, 0.3) is 0 Å². The third-order valence-corrected chi connectivity index (χ3v) is 3.86. The van der Waals surface area contributed by atoms with Crippen molar-refractivity contribution in [2.75, 3.05) is 11.9 Å². The number of anilines is 1. The lowest BCUT2D eigenvalue weighted by atomic mass is 9.90. The number of aryl methyl sites for hydroxylation is 1. The summed E-state index contributed by atoms with van der Waals surface area (Å²) in [5, 5.41) is 3.25. The van der Waals surface area contributed by atoms with E-state index in [0.717, 1.165) is 18.7 Å². The molecule has 0 spiro atoms. The van der Waals surface area contributed by atoms with Crippen molar-refractivity contribution in [2.45, 2.75) is 32.2 Å². The van der Waals surface area contributed by atoms with Gasteiger partial charge in [0.25, 0.3) is 0 Å². The first-order chi connectivity index (χ1) is 10.3. The number of nitrogens with two attached hydrogens (primary N) is 1. The topological polar surface area (TPSA) is 68.2 Å². The normalized spacial score (nSPS) is 14.1. The second kappa shape index (κ2) is 8.17. The first-order valence-corrected chi connectivity index (χ1v) is 7.46. The smallest absolute Gasteiger partial charge is 0.193 e. The highest BCUT2D eigenvalue weighted by Crippen LogP contribution is 2.27.